The Morgan fingerprint density at radius 3 is 2.77 bits per heavy atom. The lowest BCUT2D eigenvalue weighted by Crippen LogP contribution is -2.29. The second-order valence-electron chi connectivity index (χ2n) is 4.04. The summed E-state index contributed by atoms with van der Waals surface area (Å²) in [6.07, 6.45) is 4.33. The highest BCUT2D eigenvalue weighted by atomic mass is 16.1. The van der Waals surface area contributed by atoms with Gasteiger partial charge in [0.25, 0.3) is 0 Å². The van der Waals surface area contributed by atoms with Crippen molar-refractivity contribution in [1.82, 2.24) is 0 Å². The van der Waals surface area contributed by atoms with Gasteiger partial charge in [-0.25, -0.2) is 0 Å². The Morgan fingerprint density at radius 1 is 1.54 bits per heavy atom. The van der Waals surface area contributed by atoms with Crippen LogP contribution in [-0.2, 0) is 9.59 Å². The van der Waals surface area contributed by atoms with Crippen molar-refractivity contribution >= 4 is 11.6 Å². The number of hydrogen-bond donors (Lipinski definition) is 0. The predicted molar refractivity (Wildman–Crippen MR) is 51.4 cm³/mol. The van der Waals surface area contributed by atoms with Gasteiger partial charge in [0.05, 0.1) is 0 Å². The van der Waals surface area contributed by atoms with E-state index in [2.05, 4.69) is 6.92 Å². The minimum atomic E-state index is 0.0382. The molecule has 1 fully saturated rings. The maximum absolute atomic E-state index is 11.5. The van der Waals surface area contributed by atoms with Crippen LogP contribution < -0.4 is 0 Å². The van der Waals surface area contributed by atoms with Gasteiger partial charge < -0.3 is 4.79 Å². The van der Waals surface area contributed by atoms with E-state index in [4.69, 9.17) is 0 Å². The lowest BCUT2D eigenvalue weighted by Gasteiger charge is -2.28. The molecular weight excluding hydrogens is 164 g/mol. The summed E-state index contributed by atoms with van der Waals surface area (Å²) in [5.41, 5.74) is 0. The molecule has 0 radical (unpaired) electrons. The first kappa shape index (κ1) is 10.4. The van der Waals surface area contributed by atoms with Crippen molar-refractivity contribution < 1.29 is 9.59 Å². The lowest BCUT2D eigenvalue weighted by molar-refractivity contribution is -0.131. The maximum atomic E-state index is 11.5. The molecule has 0 saturated heterocycles. The molecule has 2 nitrogen and oxygen atoms in total. The van der Waals surface area contributed by atoms with E-state index in [9.17, 15) is 9.59 Å². The highest BCUT2D eigenvalue weighted by Gasteiger charge is 2.31. The van der Waals surface area contributed by atoms with Crippen molar-refractivity contribution in [2.45, 2.75) is 46.0 Å². The number of Topliss-reactive ketones (excluding diaryl/α,β-unsaturated/α-hetero) is 2. The van der Waals surface area contributed by atoms with Crippen LogP contribution >= 0.6 is 0 Å². The fraction of sp³-hybridized carbons (Fsp3) is 0.818. The van der Waals surface area contributed by atoms with Gasteiger partial charge in [-0.1, -0.05) is 13.3 Å². The van der Waals surface area contributed by atoms with Gasteiger partial charge in [-0.2, -0.15) is 0 Å². The standard InChI is InChI=1S/C11H18O2/c1-3-9-5-4-6-11(13)10(9)7-8(2)12/h9-10H,3-7H2,1-2H3/t9-,10-/m0/s1. The monoisotopic (exact) mass is 182 g/mol. The molecule has 13 heavy (non-hydrogen) atoms. The second-order valence-corrected chi connectivity index (χ2v) is 4.04. The molecule has 0 amide bonds. The normalized spacial score (nSPS) is 28.9. The van der Waals surface area contributed by atoms with Gasteiger partial charge in [-0.15, -0.1) is 0 Å². The molecule has 2 heteroatoms. The summed E-state index contributed by atoms with van der Waals surface area (Å²) in [7, 11) is 0. The predicted octanol–water partition coefficient (Wildman–Crippen LogP) is 2.36. The van der Waals surface area contributed by atoms with Crippen LogP contribution in [-0.4, -0.2) is 11.6 Å². The van der Waals surface area contributed by atoms with Crippen molar-refractivity contribution in [1.29, 1.82) is 0 Å². The van der Waals surface area contributed by atoms with Gasteiger partial charge in [0.1, 0.15) is 11.6 Å². The third-order valence-corrected chi connectivity index (χ3v) is 3.01. The largest absolute Gasteiger partial charge is 0.300 e. The number of hydrogen-bond acceptors (Lipinski definition) is 2. The summed E-state index contributed by atoms with van der Waals surface area (Å²) in [5.74, 6) is 0.966. The zero-order chi connectivity index (χ0) is 9.84. The molecule has 0 aromatic heterocycles. The van der Waals surface area contributed by atoms with Gasteiger partial charge in [-0.3, -0.25) is 4.79 Å². The van der Waals surface area contributed by atoms with Crippen molar-refractivity contribution in [2.75, 3.05) is 0 Å². The van der Waals surface area contributed by atoms with E-state index >= 15 is 0 Å². The molecule has 0 aromatic rings. The Labute approximate surface area is 79.7 Å². The highest BCUT2D eigenvalue weighted by Crippen LogP contribution is 2.31. The summed E-state index contributed by atoms with van der Waals surface area (Å²) < 4.78 is 0. The first-order valence-corrected chi connectivity index (χ1v) is 5.17. The number of rotatable bonds is 3. The topological polar surface area (TPSA) is 34.1 Å². The summed E-state index contributed by atoms with van der Waals surface area (Å²) >= 11 is 0. The Morgan fingerprint density at radius 2 is 2.23 bits per heavy atom. The molecule has 0 spiro atoms. The van der Waals surface area contributed by atoms with E-state index < -0.39 is 0 Å². The zero-order valence-electron chi connectivity index (χ0n) is 8.51. The summed E-state index contributed by atoms with van der Waals surface area (Å²) in [6.45, 7) is 3.69. The second kappa shape index (κ2) is 4.54. The van der Waals surface area contributed by atoms with Crippen LogP contribution in [0.4, 0.5) is 0 Å². The molecule has 74 valence electrons. The van der Waals surface area contributed by atoms with Gasteiger partial charge in [0.15, 0.2) is 0 Å². The van der Waals surface area contributed by atoms with E-state index in [0.717, 1.165) is 19.3 Å². The van der Waals surface area contributed by atoms with E-state index in [-0.39, 0.29) is 11.7 Å². The zero-order valence-corrected chi connectivity index (χ0v) is 8.51. The Hall–Kier alpha value is -0.660. The van der Waals surface area contributed by atoms with Crippen LogP contribution in [0.5, 0.6) is 0 Å². The average Bonchev–Trinajstić information content (AvgIpc) is 2.08. The fourth-order valence-corrected chi connectivity index (χ4v) is 2.27. The van der Waals surface area contributed by atoms with Crippen molar-refractivity contribution in [2.24, 2.45) is 11.8 Å². The number of carbonyl (C=O) groups excluding carboxylic acids is 2. The molecule has 1 rings (SSSR count). The highest BCUT2D eigenvalue weighted by molar-refractivity contribution is 5.87. The molecule has 0 unspecified atom stereocenters. The molecule has 1 aliphatic rings. The average molecular weight is 182 g/mol. The van der Waals surface area contributed by atoms with Gasteiger partial charge in [0.2, 0.25) is 0 Å². The van der Waals surface area contributed by atoms with Gasteiger partial charge in [0, 0.05) is 18.8 Å². The van der Waals surface area contributed by atoms with Gasteiger partial charge >= 0.3 is 0 Å². The first-order valence-electron chi connectivity index (χ1n) is 5.17. The van der Waals surface area contributed by atoms with Crippen molar-refractivity contribution in [3.8, 4) is 0 Å². The molecule has 1 saturated carbocycles. The van der Waals surface area contributed by atoms with Crippen molar-refractivity contribution in [3.05, 3.63) is 0 Å². The van der Waals surface area contributed by atoms with Gasteiger partial charge in [-0.05, 0) is 25.7 Å². The fourth-order valence-electron chi connectivity index (χ4n) is 2.27. The SMILES string of the molecule is CC[C@H]1CCCC(=O)[C@H]1CC(C)=O. The Balaban J connectivity index is 2.62. The lowest BCUT2D eigenvalue weighted by atomic mass is 9.75. The minimum Gasteiger partial charge on any atom is -0.300 e. The molecule has 2 atom stereocenters. The summed E-state index contributed by atoms with van der Waals surface area (Å²) in [6, 6.07) is 0. The van der Waals surface area contributed by atoms with Crippen LogP contribution in [0.1, 0.15) is 46.0 Å². The molecular formula is C11H18O2. The molecule has 0 N–H and O–H groups in total. The first-order chi connectivity index (χ1) is 6.15. The van der Waals surface area contributed by atoms with Crippen molar-refractivity contribution in [3.63, 3.8) is 0 Å². The molecule has 0 aliphatic heterocycles. The van der Waals surface area contributed by atoms with E-state index in [1.165, 1.54) is 0 Å². The minimum absolute atomic E-state index is 0.0382. The molecule has 0 aromatic carbocycles. The molecule has 0 bridgehead atoms. The van der Waals surface area contributed by atoms with Crippen LogP contribution in [0.3, 0.4) is 0 Å². The smallest absolute Gasteiger partial charge is 0.136 e. The Bertz CT molecular complexity index is 208. The third-order valence-electron chi connectivity index (χ3n) is 3.01. The Kier molecular flexibility index (Phi) is 3.64. The van der Waals surface area contributed by atoms with Crippen LogP contribution in [0.2, 0.25) is 0 Å². The number of ketones is 2. The molecule has 0 heterocycles. The van der Waals surface area contributed by atoms with Crippen LogP contribution in [0.15, 0.2) is 0 Å². The van der Waals surface area contributed by atoms with Crippen LogP contribution in [0.25, 0.3) is 0 Å². The van der Waals surface area contributed by atoms with E-state index in [0.29, 0.717) is 24.5 Å². The van der Waals surface area contributed by atoms with Crippen LogP contribution in [0, 0.1) is 11.8 Å². The molecule has 1 aliphatic carbocycles. The van der Waals surface area contributed by atoms with E-state index in [1.54, 1.807) is 6.92 Å². The number of carbonyl (C=O) groups is 2. The quantitative estimate of drug-likeness (QED) is 0.671. The summed E-state index contributed by atoms with van der Waals surface area (Å²) in [5, 5.41) is 0. The summed E-state index contributed by atoms with van der Waals surface area (Å²) in [4.78, 5) is 22.5. The van der Waals surface area contributed by atoms with E-state index in [1.807, 2.05) is 0 Å². The maximum Gasteiger partial charge on any atom is 0.136 e. The third kappa shape index (κ3) is 2.64.